The molecule has 2 rings (SSSR count). The molecule has 1 aliphatic heterocycles. The predicted octanol–water partition coefficient (Wildman–Crippen LogP) is 2.15. The number of carbonyl (C=O) groups is 1. The Morgan fingerprint density at radius 1 is 1.08 bits per heavy atom. The number of hydrogen-bond acceptors (Lipinski definition) is 6. The molecule has 0 bridgehead atoms. The summed E-state index contributed by atoms with van der Waals surface area (Å²) in [6.07, 6.45) is 4.59. The summed E-state index contributed by atoms with van der Waals surface area (Å²) in [5, 5.41) is 2.76. The zero-order valence-electron chi connectivity index (χ0n) is 14.4. The van der Waals surface area contributed by atoms with Crippen LogP contribution in [0, 0.1) is 0 Å². The summed E-state index contributed by atoms with van der Waals surface area (Å²) in [7, 11) is 0. The van der Waals surface area contributed by atoms with Gasteiger partial charge in [0.15, 0.2) is 6.10 Å². The fraction of sp³-hybridized carbons (Fsp3) is 0.556. The molecule has 1 fully saturated rings. The van der Waals surface area contributed by atoms with Crippen molar-refractivity contribution in [2.75, 3.05) is 45.0 Å². The Labute approximate surface area is 148 Å². The minimum atomic E-state index is -0.883. The van der Waals surface area contributed by atoms with Crippen LogP contribution < -0.4 is 5.32 Å². The Morgan fingerprint density at radius 3 is 2.44 bits per heavy atom. The van der Waals surface area contributed by atoms with Crippen molar-refractivity contribution in [3.05, 3.63) is 36.9 Å². The first-order valence-corrected chi connectivity index (χ1v) is 8.57. The molecule has 1 unspecified atom stereocenters. The SMILES string of the molecule is C=C1OCCCOCCCOCCCOC1C(=O)Nc1cccnc1. The fourth-order valence-electron chi connectivity index (χ4n) is 2.23. The summed E-state index contributed by atoms with van der Waals surface area (Å²) < 4.78 is 22.3. The minimum absolute atomic E-state index is 0.289. The second-order valence-corrected chi connectivity index (χ2v) is 5.58. The molecule has 7 nitrogen and oxygen atoms in total. The standard InChI is InChI=1S/C18H26N2O5/c1-15-17(18(21)20-16-6-2-7-19-14-16)25-13-5-11-23-9-3-8-22-10-4-12-24-15/h2,6-7,14,17H,1,3-5,8-13H2,(H,20,21). The Kier molecular flexibility index (Phi) is 8.96. The van der Waals surface area contributed by atoms with E-state index in [1.807, 2.05) is 0 Å². The van der Waals surface area contributed by atoms with Crippen LogP contribution in [-0.4, -0.2) is 56.6 Å². The van der Waals surface area contributed by atoms with Crippen molar-refractivity contribution in [3.8, 4) is 0 Å². The molecule has 1 aliphatic rings. The van der Waals surface area contributed by atoms with Crippen LogP contribution in [0.3, 0.4) is 0 Å². The van der Waals surface area contributed by atoms with E-state index in [0.29, 0.717) is 51.7 Å². The van der Waals surface area contributed by atoms with E-state index in [1.165, 1.54) is 0 Å². The van der Waals surface area contributed by atoms with Gasteiger partial charge in [-0.25, -0.2) is 0 Å². The van der Waals surface area contributed by atoms with Crippen LogP contribution >= 0.6 is 0 Å². The maximum atomic E-state index is 12.5. The van der Waals surface area contributed by atoms with E-state index in [9.17, 15) is 4.79 Å². The van der Waals surface area contributed by atoms with Gasteiger partial charge >= 0.3 is 0 Å². The Hall–Kier alpha value is -1.96. The minimum Gasteiger partial charge on any atom is -0.495 e. The van der Waals surface area contributed by atoms with Crippen molar-refractivity contribution in [3.63, 3.8) is 0 Å². The van der Waals surface area contributed by atoms with Crippen LogP contribution in [0.15, 0.2) is 36.9 Å². The lowest BCUT2D eigenvalue weighted by Crippen LogP contribution is -2.33. The zero-order valence-corrected chi connectivity index (χ0v) is 14.4. The number of rotatable bonds is 2. The van der Waals surface area contributed by atoms with Crippen molar-refractivity contribution < 1.29 is 23.7 Å². The van der Waals surface area contributed by atoms with Crippen molar-refractivity contribution in [2.24, 2.45) is 0 Å². The highest BCUT2D eigenvalue weighted by molar-refractivity contribution is 5.95. The molecule has 2 heterocycles. The summed E-state index contributed by atoms with van der Waals surface area (Å²) >= 11 is 0. The molecular formula is C18H26N2O5. The molecule has 0 radical (unpaired) electrons. The van der Waals surface area contributed by atoms with Crippen LogP contribution in [0.4, 0.5) is 5.69 Å². The predicted molar refractivity (Wildman–Crippen MR) is 93.2 cm³/mol. The first-order valence-electron chi connectivity index (χ1n) is 8.57. The highest BCUT2D eigenvalue weighted by Crippen LogP contribution is 2.12. The molecule has 1 saturated heterocycles. The highest BCUT2D eigenvalue weighted by Gasteiger charge is 2.24. The Morgan fingerprint density at radius 2 is 1.76 bits per heavy atom. The van der Waals surface area contributed by atoms with Gasteiger partial charge in [-0.15, -0.1) is 0 Å². The van der Waals surface area contributed by atoms with E-state index in [-0.39, 0.29) is 11.7 Å². The van der Waals surface area contributed by atoms with E-state index in [2.05, 4.69) is 16.9 Å². The number of anilines is 1. The molecule has 1 aromatic heterocycles. The molecule has 1 atom stereocenters. The topological polar surface area (TPSA) is 78.9 Å². The molecule has 0 aliphatic carbocycles. The summed E-state index contributed by atoms with van der Waals surface area (Å²) in [4.78, 5) is 16.5. The lowest BCUT2D eigenvalue weighted by molar-refractivity contribution is -0.127. The normalized spacial score (nSPS) is 21.4. The van der Waals surface area contributed by atoms with Gasteiger partial charge in [0.2, 0.25) is 0 Å². The number of aromatic nitrogens is 1. The third-order valence-electron chi connectivity index (χ3n) is 3.47. The second-order valence-electron chi connectivity index (χ2n) is 5.58. The number of nitrogens with zero attached hydrogens (tertiary/aromatic N) is 1. The monoisotopic (exact) mass is 350 g/mol. The average molecular weight is 350 g/mol. The molecule has 1 N–H and O–H groups in total. The van der Waals surface area contributed by atoms with Crippen LogP contribution in [0.1, 0.15) is 19.3 Å². The van der Waals surface area contributed by atoms with E-state index in [4.69, 9.17) is 18.9 Å². The van der Waals surface area contributed by atoms with Crippen molar-refractivity contribution in [1.29, 1.82) is 0 Å². The lowest BCUT2D eigenvalue weighted by Gasteiger charge is -2.20. The fourth-order valence-corrected chi connectivity index (χ4v) is 2.23. The molecule has 1 amide bonds. The number of carbonyl (C=O) groups excluding carboxylic acids is 1. The van der Waals surface area contributed by atoms with Crippen LogP contribution in [0.25, 0.3) is 0 Å². The van der Waals surface area contributed by atoms with E-state index in [0.717, 1.165) is 12.8 Å². The van der Waals surface area contributed by atoms with Gasteiger partial charge in [-0.1, -0.05) is 6.58 Å². The van der Waals surface area contributed by atoms with Gasteiger partial charge < -0.3 is 24.3 Å². The molecule has 25 heavy (non-hydrogen) atoms. The van der Waals surface area contributed by atoms with E-state index < -0.39 is 6.10 Å². The van der Waals surface area contributed by atoms with Crippen LogP contribution in [0.5, 0.6) is 0 Å². The first kappa shape index (κ1) is 19.4. The van der Waals surface area contributed by atoms with E-state index >= 15 is 0 Å². The molecule has 0 saturated carbocycles. The van der Waals surface area contributed by atoms with Gasteiger partial charge in [-0.2, -0.15) is 0 Å². The van der Waals surface area contributed by atoms with Crippen LogP contribution in [0.2, 0.25) is 0 Å². The van der Waals surface area contributed by atoms with Crippen molar-refractivity contribution >= 4 is 11.6 Å². The molecule has 0 spiro atoms. The molecule has 138 valence electrons. The highest BCUT2D eigenvalue weighted by atomic mass is 16.5. The van der Waals surface area contributed by atoms with Gasteiger partial charge in [0, 0.05) is 39.0 Å². The van der Waals surface area contributed by atoms with Gasteiger partial charge in [-0.3, -0.25) is 9.78 Å². The van der Waals surface area contributed by atoms with Crippen molar-refractivity contribution in [2.45, 2.75) is 25.4 Å². The summed E-state index contributed by atoms with van der Waals surface area (Å²) in [5.41, 5.74) is 0.594. The Bertz CT molecular complexity index is 523. The smallest absolute Gasteiger partial charge is 0.261 e. The zero-order chi connectivity index (χ0) is 17.7. The van der Waals surface area contributed by atoms with Gasteiger partial charge in [0.25, 0.3) is 5.91 Å². The van der Waals surface area contributed by atoms with Crippen LogP contribution in [-0.2, 0) is 23.7 Å². The summed E-state index contributed by atoms with van der Waals surface area (Å²) in [6, 6.07) is 3.50. The first-order chi connectivity index (χ1) is 12.3. The summed E-state index contributed by atoms with van der Waals surface area (Å²) in [6.45, 7) is 7.16. The Balaban J connectivity index is 1.92. The third kappa shape index (κ3) is 7.64. The number of nitrogens with one attached hydrogen (secondary N) is 1. The maximum Gasteiger partial charge on any atom is 0.261 e. The molecular weight excluding hydrogens is 324 g/mol. The largest absolute Gasteiger partial charge is 0.495 e. The molecule has 1 aromatic rings. The third-order valence-corrected chi connectivity index (χ3v) is 3.47. The second kappa shape index (κ2) is 11.6. The number of pyridine rings is 1. The molecule has 0 aromatic carbocycles. The van der Waals surface area contributed by atoms with Gasteiger partial charge in [0.1, 0.15) is 5.76 Å². The number of ether oxygens (including phenoxy) is 4. The maximum absolute atomic E-state index is 12.5. The van der Waals surface area contributed by atoms with Gasteiger partial charge in [0.05, 0.1) is 25.1 Å². The number of amides is 1. The summed E-state index contributed by atoms with van der Waals surface area (Å²) in [5.74, 6) is -0.0448. The average Bonchev–Trinajstić information content (AvgIpc) is 2.63. The number of hydrogen-bond donors (Lipinski definition) is 1. The van der Waals surface area contributed by atoms with Gasteiger partial charge in [-0.05, 0) is 25.0 Å². The quantitative estimate of drug-likeness (QED) is 0.880. The van der Waals surface area contributed by atoms with E-state index in [1.54, 1.807) is 24.5 Å². The lowest BCUT2D eigenvalue weighted by atomic mass is 10.2. The molecule has 7 heteroatoms. The van der Waals surface area contributed by atoms with Crippen molar-refractivity contribution in [1.82, 2.24) is 4.98 Å².